The topological polar surface area (TPSA) is 45.2 Å². The van der Waals surface area contributed by atoms with E-state index in [1.165, 1.54) is 11.1 Å². The Morgan fingerprint density at radius 3 is 2.69 bits per heavy atom. The summed E-state index contributed by atoms with van der Waals surface area (Å²) in [6.45, 7) is 2.36. The molecular weight excluding hydrogens is 382 g/mol. The first-order valence-corrected chi connectivity index (χ1v) is 10.3. The molecule has 148 valence electrons. The van der Waals surface area contributed by atoms with Crippen molar-refractivity contribution in [2.24, 2.45) is 0 Å². The second-order valence-corrected chi connectivity index (χ2v) is 7.81. The van der Waals surface area contributed by atoms with Crippen LogP contribution in [-0.2, 0) is 30.7 Å². The van der Waals surface area contributed by atoms with E-state index < -0.39 is 0 Å². The third-order valence-corrected chi connectivity index (χ3v) is 5.52. The normalized spacial score (nSPS) is 13.1. The Bertz CT molecular complexity index is 987. The van der Waals surface area contributed by atoms with Crippen LogP contribution in [0.25, 0.3) is 0 Å². The van der Waals surface area contributed by atoms with Crippen molar-refractivity contribution in [1.82, 2.24) is 10.3 Å². The number of carbonyl (C=O) groups excluding carboxylic acids is 1. The van der Waals surface area contributed by atoms with Crippen LogP contribution in [0.5, 0.6) is 0 Å². The summed E-state index contributed by atoms with van der Waals surface area (Å²) in [5.41, 5.74) is 4.88. The molecule has 4 nitrogen and oxygen atoms in total. The van der Waals surface area contributed by atoms with Gasteiger partial charge in [0.2, 0.25) is 5.91 Å². The molecule has 0 bridgehead atoms. The lowest BCUT2D eigenvalue weighted by molar-refractivity contribution is -0.121. The van der Waals surface area contributed by atoms with Gasteiger partial charge >= 0.3 is 0 Å². The number of halogens is 1. The predicted molar refractivity (Wildman–Crippen MR) is 117 cm³/mol. The Hall–Kier alpha value is -2.85. The number of carbonyl (C=O) groups is 1. The minimum Gasteiger partial charge on any atom is -0.352 e. The average Bonchev–Trinajstić information content (AvgIpc) is 2.76. The first-order chi connectivity index (χ1) is 14.2. The quantitative estimate of drug-likeness (QED) is 0.654. The fraction of sp³-hybridized carbons (Fsp3) is 0.250. The smallest absolute Gasteiger partial charge is 0.220 e. The van der Waals surface area contributed by atoms with Gasteiger partial charge in [0.05, 0.1) is 0 Å². The molecule has 0 atom stereocenters. The van der Waals surface area contributed by atoms with Gasteiger partial charge in [-0.25, -0.2) is 4.98 Å². The van der Waals surface area contributed by atoms with Crippen molar-refractivity contribution in [2.45, 2.75) is 32.4 Å². The summed E-state index contributed by atoms with van der Waals surface area (Å²) in [7, 11) is 0. The van der Waals surface area contributed by atoms with Gasteiger partial charge in [0.15, 0.2) is 0 Å². The molecule has 1 aliphatic heterocycles. The predicted octanol–water partition coefficient (Wildman–Crippen LogP) is 4.55. The van der Waals surface area contributed by atoms with Crippen molar-refractivity contribution >= 4 is 23.3 Å². The maximum absolute atomic E-state index is 12.1. The van der Waals surface area contributed by atoms with Gasteiger partial charge in [-0.2, -0.15) is 0 Å². The fourth-order valence-corrected chi connectivity index (χ4v) is 3.85. The van der Waals surface area contributed by atoms with E-state index in [2.05, 4.69) is 39.5 Å². The van der Waals surface area contributed by atoms with Crippen molar-refractivity contribution < 1.29 is 4.79 Å². The Morgan fingerprint density at radius 2 is 1.90 bits per heavy atom. The van der Waals surface area contributed by atoms with Crippen LogP contribution in [0.3, 0.4) is 0 Å². The molecule has 3 aromatic rings. The zero-order chi connectivity index (χ0) is 20.1. The number of aromatic nitrogens is 1. The lowest BCUT2D eigenvalue weighted by atomic mass is 10.00. The van der Waals surface area contributed by atoms with Gasteiger partial charge in [-0.15, -0.1) is 0 Å². The number of amides is 1. The number of anilines is 1. The molecule has 5 heteroatoms. The highest BCUT2D eigenvalue weighted by atomic mass is 35.5. The molecular formula is C24H24ClN3O. The Kier molecular flexibility index (Phi) is 6.11. The maximum atomic E-state index is 12.1. The zero-order valence-electron chi connectivity index (χ0n) is 16.3. The van der Waals surface area contributed by atoms with E-state index in [0.717, 1.165) is 36.5 Å². The lowest BCUT2D eigenvalue weighted by Gasteiger charge is -2.29. The fourth-order valence-electron chi connectivity index (χ4n) is 3.64. The van der Waals surface area contributed by atoms with Gasteiger partial charge in [-0.3, -0.25) is 4.79 Å². The van der Waals surface area contributed by atoms with Gasteiger partial charge in [0.1, 0.15) is 5.82 Å². The summed E-state index contributed by atoms with van der Waals surface area (Å²) >= 11 is 5.98. The molecule has 2 heterocycles. The SMILES string of the molecule is O=C(CCc1cccc(Cl)c1)NCc1ccc(N2CCc3ccccc3C2)nc1. The largest absolute Gasteiger partial charge is 0.352 e. The minimum absolute atomic E-state index is 0.0293. The standard InChI is InChI=1S/C24H24ClN3O/c25-22-7-3-4-18(14-22)9-11-24(29)27-16-19-8-10-23(26-15-19)28-13-12-20-5-1-2-6-21(20)17-28/h1-8,10,14-15H,9,11-13,16-17H2,(H,27,29). The summed E-state index contributed by atoms with van der Waals surface area (Å²) in [4.78, 5) is 19.1. The molecule has 29 heavy (non-hydrogen) atoms. The van der Waals surface area contributed by atoms with Crippen molar-refractivity contribution in [3.8, 4) is 0 Å². The molecule has 2 aromatic carbocycles. The average molecular weight is 406 g/mol. The monoisotopic (exact) mass is 405 g/mol. The Morgan fingerprint density at radius 1 is 1.03 bits per heavy atom. The number of hydrogen-bond donors (Lipinski definition) is 1. The van der Waals surface area contributed by atoms with E-state index in [4.69, 9.17) is 11.6 Å². The van der Waals surface area contributed by atoms with Crippen molar-refractivity contribution in [2.75, 3.05) is 11.4 Å². The van der Waals surface area contributed by atoms with E-state index in [9.17, 15) is 4.79 Å². The van der Waals surface area contributed by atoms with E-state index in [1.807, 2.05) is 42.6 Å². The maximum Gasteiger partial charge on any atom is 0.220 e. The summed E-state index contributed by atoms with van der Waals surface area (Å²) in [6.07, 6.45) is 4.02. The number of hydrogen-bond acceptors (Lipinski definition) is 3. The van der Waals surface area contributed by atoms with Gasteiger partial charge in [0.25, 0.3) is 0 Å². The van der Waals surface area contributed by atoms with Crippen LogP contribution in [-0.4, -0.2) is 17.4 Å². The van der Waals surface area contributed by atoms with E-state index in [1.54, 1.807) is 0 Å². The molecule has 1 aliphatic rings. The van der Waals surface area contributed by atoms with Crippen molar-refractivity contribution in [3.63, 3.8) is 0 Å². The van der Waals surface area contributed by atoms with Gasteiger partial charge in [0, 0.05) is 37.3 Å². The van der Waals surface area contributed by atoms with Crippen molar-refractivity contribution in [3.05, 3.63) is 94.1 Å². The highest BCUT2D eigenvalue weighted by molar-refractivity contribution is 6.30. The number of aryl methyl sites for hydroxylation is 1. The number of pyridine rings is 1. The second-order valence-electron chi connectivity index (χ2n) is 7.37. The molecule has 0 saturated heterocycles. The molecule has 0 spiro atoms. The van der Waals surface area contributed by atoms with Crippen LogP contribution in [0, 0.1) is 0 Å². The highest BCUT2D eigenvalue weighted by Crippen LogP contribution is 2.23. The summed E-state index contributed by atoms with van der Waals surface area (Å²) in [5, 5.41) is 3.67. The summed E-state index contributed by atoms with van der Waals surface area (Å²) in [5.74, 6) is 1.01. The van der Waals surface area contributed by atoms with Crippen LogP contribution in [0.2, 0.25) is 5.02 Å². The minimum atomic E-state index is 0.0293. The molecule has 0 aliphatic carbocycles. The third-order valence-electron chi connectivity index (χ3n) is 5.28. The van der Waals surface area contributed by atoms with Crippen LogP contribution in [0.4, 0.5) is 5.82 Å². The van der Waals surface area contributed by atoms with E-state index >= 15 is 0 Å². The van der Waals surface area contributed by atoms with Crippen LogP contribution in [0.1, 0.15) is 28.7 Å². The molecule has 0 fully saturated rings. The molecule has 0 radical (unpaired) electrons. The van der Waals surface area contributed by atoms with E-state index in [0.29, 0.717) is 24.4 Å². The summed E-state index contributed by atoms with van der Waals surface area (Å²) in [6, 6.07) is 20.3. The molecule has 0 unspecified atom stereocenters. The van der Waals surface area contributed by atoms with Gasteiger partial charge in [-0.05, 0) is 53.3 Å². The van der Waals surface area contributed by atoms with Gasteiger partial charge in [-0.1, -0.05) is 54.1 Å². The van der Waals surface area contributed by atoms with Gasteiger partial charge < -0.3 is 10.2 Å². The Balaban J connectivity index is 1.27. The first-order valence-electron chi connectivity index (χ1n) is 9.95. The van der Waals surface area contributed by atoms with Crippen LogP contribution < -0.4 is 10.2 Å². The molecule has 1 aromatic heterocycles. The van der Waals surface area contributed by atoms with Crippen LogP contribution in [0.15, 0.2) is 66.9 Å². The number of nitrogens with zero attached hydrogens (tertiary/aromatic N) is 2. The zero-order valence-corrected chi connectivity index (χ0v) is 17.0. The van der Waals surface area contributed by atoms with Crippen LogP contribution >= 0.6 is 11.6 Å². The highest BCUT2D eigenvalue weighted by Gasteiger charge is 2.16. The number of rotatable bonds is 6. The first kappa shape index (κ1) is 19.5. The molecule has 4 rings (SSSR count). The Labute approximate surface area is 176 Å². The van der Waals surface area contributed by atoms with Crippen molar-refractivity contribution in [1.29, 1.82) is 0 Å². The molecule has 1 amide bonds. The molecule has 1 N–H and O–H groups in total. The lowest BCUT2D eigenvalue weighted by Crippen LogP contribution is -2.31. The number of fused-ring (bicyclic) bond motifs is 1. The number of benzene rings is 2. The molecule has 0 saturated carbocycles. The third kappa shape index (κ3) is 5.15. The van der Waals surface area contributed by atoms with E-state index in [-0.39, 0.29) is 5.91 Å². The summed E-state index contributed by atoms with van der Waals surface area (Å²) < 4.78 is 0. The second kappa shape index (κ2) is 9.10. The number of nitrogens with one attached hydrogen (secondary N) is 1.